The summed E-state index contributed by atoms with van der Waals surface area (Å²) in [6.45, 7) is 3.99. The minimum absolute atomic E-state index is 0.0449. The van der Waals surface area contributed by atoms with Crippen LogP contribution in [-0.2, 0) is 4.79 Å². The monoisotopic (exact) mass is 365 g/mol. The number of rotatable bonds is 5. The van der Waals surface area contributed by atoms with Gasteiger partial charge in [0, 0.05) is 18.7 Å². The maximum absolute atomic E-state index is 12.7. The van der Waals surface area contributed by atoms with Crippen LogP contribution in [0.25, 0.3) is 6.08 Å². The minimum Gasteiger partial charge on any atom is -0.283 e. The van der Waals surface area contributed by atoms with E-state index < -0.39 is 4.92 Å². The predicted molar refractivity (Wildman–Crippen MR) is 104 cm³/mol. The van der Waals surface area contributed by atoms with Gasteiger partial charge in [0.15, 0.2) is 5.17 Å². The fourth-order valence-corrected chi connectivity index (χ4v) is 3.38. The fourth-order valence-electron chi connectivity index (χ4n) is 2.37. The van der Waals surface area contributed by atoms with Crippen molar-refractivity contribution >= 4 is 40.3 Å². The van der Waals surface area contributed by atoms with Gasteiger partial charge in [0.2, 0.25) is 0 Å². The summed E-state index contributed by atoms with van der Waals surface area (Å²) >= 11 is 1.24. The van der Waals surface area contributed by atoms with E-state index in [4.69, 9.17) is 0 Å². The highest BCUT2D eigenvalue weighted by molar-refractivity contribution is 8.18. The molecule has 0 unspecified atom stereocenters. The molecular formula is C19H15N3O3S. The first-order valence-corrected chi connectivity index (χ1v) is 8.60. The molecule has 0 N–H and O–H groups in total. The molecular weight excluding hydrogens is 350 g/mol. The molecule has 0 saturated carbocycles. The predicted octanol–water partition coefficient (Wildman–Crippen LogP) is 4.38. The van der Waals surface area contributed by atoms with Gasteiger partial charge < -0.3 is 0 Å². The van der Waals surface area contributed by atoms with Crippen LogP contribution >= 0.6 is 11.8 Å². The average Bonchev–Trinajstić information content (AvgIpc) is 2.92. The Hall–Kier alpha value is -3.19. The third-order valence-electron chi connectivity index (χ3n) is 3.56. The second-order valence-electron chi connectivity index (χ2n) is 5.40. The molecule has 1 saturated heterocycles. The molecule has 3 rings (SSSR count). The van der Waals surface area contributed by atoms with E-state index in [1.54, 1.807) is 24.3 Å². The van der Waals surface area contributed by atoms with Gasteiger partial charge >= 0.3 is 0 Å². The molecule has 2 aromatic carbocycles. The lowest BCUT2D eigenvalue weighted by Gasteiger charge is -2.12. The van der Waals surface area contributed by atoms with E-state index in [9.17, 15) is 14.9 Å². The van der Waals surface area contributed by atoms with Crippen molar-refractivity contribution in [2.24, 2.45) is 4.99 Å². The Morgan fingerprint density at radius 3 is 2.65 bits per heavy atom. The molecule has 0 aromatic heterocycles. The SMILES string of the molecule is C=CCN1C(=O)/C(=C\c2ccccc2)SC1=Nc1cccc([N+](=O)[O-])c1. The number of amides is 1. The van der Waals surface area contributed by atoms with Gasteiger partial charge in [-0.2, -0.15) is 0 Å². The van der Waals surface area contributed by atoms with Crippen LogP contribution in [0.5, 0.6) is 0 Å². The van der Waals surface area contributed by atoms with E-state index in [1.165, 1.54) is 28.8 Å². The van der Waals surface area contributed by atoms with Gasteiger partial charge in [-0.3, -0.25) is 19.8 Å². The Kier molecular flexibility index (Phi) is 5.28. The molecule has 0 spiro atoms. The first-order valence-electron chi connectivity index (χ1n) is 7.79. The summed E-state index contributed by atoms with van der Waals surface area (Å²) in [7, 11) is 0. The van der Waals surface area contributed by atoms with Crippen molar-refractivity contribution in [3.63, 3.8) is 0 Å². The van der Waals surface area contributed by atoms with Crippen molar-refractivity contribution in [1.29, 1.82) is 0 Å². The molecule has 0 atom stereocenters. The highest BCUT2D eigenvalue weighted by Crippen LogP contribution is 2.34. The van der Waals surface area contributed by atoms with E-state index in [0.717, 1.165) is 5.56 Å². The second-order valence-corrected chi connectivity index (χ2v) is 6.41. The highest BCUT2D eigenvalue weighted by Gasteiger charge is 2.32. The molecule has 1 amide bonds. The van der Waals surface area contributed by atoms with Crippen molar-refractivity contribution in [3.05, 3.63) is 87.8 Å². The van der Waals surface area contributed by atoms with Crippen molar-refractivity contribution in [3.8, 4) is 0 Å². The summed E-state index contributed by atoms with van der Waals surface area (Å²) in [5.74, 6) is -0.164. The maximum Gasteiger partial charge on any atom is 0.271 e. The topological polar surface area (TPSA) is 75.8 Å². The quantitative estimate of drug-likeness (QED) is 0.341. The van der Waals surface area contributed by atoms with Crippen LogP contribution < -0.4 is 0 Å². The van der Waals surface area contributed by atoms with E-state index in [-0.39, 0.29) is 11.6 Å². The third kappa shape index (κ3) is 3.89. The number of carbonyl (C=O) groups excluding carboxylic acids is 1. The van der Waals surface area contributed by atoms with Gasteiger partial charge in [-0.05, 0) is 29.5 Å². The number of nitrogens with zero attached hydrogens (tertiary/aromatic N) is 3. The zero-order valence-electron chi connectivity index (χ0n) is 13.7. The maximum atomic E-state index is 12.7. The smallest absolute Gasteiger partial charge is 0.271 e. The number of amidine groups is 1. The molecule has 7 heteroatoms. The number of hydrogen-bond donors (Lipinski definition) is 0. The number of nitro benzene ring substituents is 1. The van der Waals surface area contributed by atoms with Gasteiger partial charge in [-0.25, -0.2) is 4.99 Å². The standard InChI is InChI=1S/C19H15N3O3S/c1-2-11-21-18(23)17(12-14-7-4-3-5-8-14)26-19(21)20-15-9-6-10-16(13-15)22(24)25/h2-10,12-13H,1,11H2/b17-12+,20-19?. The van der Waals surface area contributed by atoms with Crippen LogP contribution in [0.4, 0.5) is 11.4 Å². The van der Waals surface area contributed by atoms with Gasteiger partial charge in [-0.1, -0.05) is 42.5 Å². The Balaban J connectivity index is 1.96. The number of nitro groups is 1. The fraction of sp³-hybridized carbons (Fsp3) is 0.0526. The zero-order valence-corrected chi connectivity index (χ0v) is 14.6. The molecule has 1 heterocycles. The molecule has 6 nitrogen and oxygen atoms in total. The Labute approximate surface area is 154 Å². The molecule has 1 aliphatic rings. The number of aliphatic imine (C=N–C) groups is 1. The van der Waals surface area contributed by atoms with E-state index >= 15 is 0 Å². The molecule has 1 fully saturated rings. The lowest BCUT2D eigenvalue weighted by atomic mass is 10.2. The first kappa shape index (κ1) is 17.6. The second kappa shape index (κ2) is 7.79. The molecule has 0 radical (unpaired) electrons. The summed E-state index contributed by atoms with van der Waals surface area (Å²) in [5, 5.41) is 11.4. The van der Waals surface area contributed by atoms with Gasteiger partial charge in [0.05, 0.1) is 15.5 Å². The van der Waals surface area contributed by atoms with E-state index in [2.05, 4.69) is 11.6 Å². The largest absolute Gasteiger partial charge is 0.283 e. The number of benzene rings is 2. The molecule has 130 valence electrons. The Morgan fingerprint density at radius 1 is 1.19 bits per heavy atom. The average molecular weight is 365 g/mol. The third-order valence-corrected chi connectivity index (χ3v) is 4.57. The van der Waals surface area contributed by atoms with E-state index in [1.807, 2.05) is 30.3 Å². The summed E-state index contributed by atoms with van der Waals surface area (Å²) in [6.07, 6.45) is 3.42. The van der Waals surface area contributed by atoms with Crippen LogP contribution in [-0.4, -0.2) is 27.4 Å². The zero-order chi connectivity index (χ0) is 18.5. The van der Waals surface area contributed by atoms with Gasteiger partial charge in [-0.15, -0.1) is 6.58 Å². The van der Waals surface area contributed by atoms with Gasteiger partial charge in [0.1, 0.15) is 0 Å². The highest BCUT2D eigenvalue weighted by atomic mass is 32.2. The molecule has 0 aliphatic carbocycles. The van der Waals surface area contributed by atoms with Crippen molar-refractivity contribution in [1.82, 2.24) is 4.90 Å². The minimum atomic E-state index is -0.473. The molecule has 26 heavy (non-hydrogen) atoms. The normalized spacial score (nSPS) is 17.1. The van der Waals surface area contributed by atoms with Gasteiger partial charge in [0.25, 0.3) is 11.6 Å². The summed E-state index contributed by atoms with van der Waals surface area (Å²) < 4.78 is 0. The summed E-state index contributed by atoms with van der Waals surface area (Å²) in [4.78, 5) is 29.6. The van der Waals surface area contributed by atoms with Crippen LogP contribution in [0.15, 0.2) is 77.1 Å². The van der Waals surface area contributed by atoms with E-state index in [0.29, 0.717) is 22.3 Å². The first-order chi connectivity index (χ1) is 12.6. The Morgan fingerprint density at radius 2 is 1.96 bits per heavy atom. The summed E-state index contributed by atoms with van der Waals surface area (Å²) in [6, 6.07) is 15.5. The molecule has 2 aromatic rings. The molecule has 0 bridgehead atoms. The number of non-ortho nitro benzene ring substituents is 1. The van der Waals surface area contributed by atoms with Crippen molar-refractivity contribution in [2.75, 3.05) is 6.54 Å². The number of thioether (sulfide) groups is 1. The number of carbonyl (C=O) groups is 1. The molecule has 1 aliphatic heterocycles. The van der Waals surface area contributed by atoms with Crippen LogP contribution in [0.2, 0.25) is 0 Å². The van der Waals surface area contributed by atoms with Crippen molar-refractivity contribution < 1.29 is 9.72 Å². The lowest BCUT2D eigenvalue weighted by Crippen LogP contribution is -2.29. The van der Waals surface area contributed by atoms with Crippen molar-refractivity contribution in [2.45, 2.75) is 0 Å². The van der Waals surface area contributed by atoms with Crippen LogP contribution in [0, 0.1) is 10.1 Å². The summed E-state index contributed by atoms with van der Waals surface area (Å²) in [5.41, 5.74) is 1.29. The number of hydrogen-bond acceptors (Lipinski definition) is 5. The van der Waals surface area contributed by atoms with Crippen LogP contribution in [0.3, 0.4) is 0 Å². The Bertz CT molecular complexity index is 923. The lowest BCUT2D eigenvalue weighted by molar-refractivity contribution is -0.384. The van der Waals surface area contributed by atoms with Crippen LogP contribution in [0.1, 0.15) is 5.56 Å².